The topological polar surface area (TPSA) is 143 Å². The summed E-state index contributed by atoms with van der Waals surface area (Å²) in [5.74, 6) is -2.17. The van der Waals surface area contributed by atoms with Crippen molar-refractivity contribution in [1.82, 2.24) is 15.6 Å². The molecule has 0 unspecified atom stereocenters. The van der Waals surface area contributed by atoms with Crippen LogP contribution in [0.25, 0.3) is 11.3 Å². The lowest BCUT2D eigenvalue weighted by Gasteiger charge is -2.22. The van der Waals surface area contributed by atoms with Gasteiger partial charge in [0.15, 0.2) is 0 Å². The summed E-state index contributed by atoms with van der Waals surface area (Å²) in [6.45, 7) is 1.86. The Morgan fingerprint density at radius 2 is 1.75 bits per heavy atom. The van der Waals surface area contributed by atoms with Gasteiger partial charge in [0.1, 0.15) is 11.7 Å². The minimum atomic E-state index is -0.983. The summed E-state index contributed by atoms with van der Waals surface area (Å²) in [6, 6.07) is 15.9. The number of primary amides is 1. The maximum absolute atomic E-state index is 13.4. The molecule has 0 saturated heterocycles. The number of benzene rings is 2. The Balaban J connectivity index is 1.81. The van der Waals surface area contributed by atoms with Gasteiger partial charge in [0.05, 0.1) is 16.7 Å². The van der Waals surface area contributed by atoms with Crippen LogP contribution in [0, 0.1) is 0 Å². The van der Waals surface area contributed by atoms with Gasteiger partial charge in [-0.05, 0) is 37.1 Å². The maximum Gasteiger partial charge on any atom is 0.330 e. The Labute approximate surface area is 242 Å². The number of hydrogen-bond donors (Lipinski definition) is 4. The number of esters is 1. The van der Waals surface area contributed by atoms with Crippen molar-refractivity contribution in [1.29, 1.82) is 0 Å². The molecule has 0 fully saturated rings. The molecule has 3 amide bonds. The molecule has 1 aromatic heterocycles. The highest BCUT2D eigenvalue weighted by molar-refractivity contribution is 6.43. The first-order valence-corrected chi connectivity index (χ1v) is 13.3. The van der Waals surface area contributed by atoms with Crippen molar-refractivity contribution in [3.8, 4) is 11.3 Å². The molecule has 1 heterocycles. The molecule has 0 aliphatic heterocycles. The molecular weight excluding hydrogens is 555 g/mol. The van der Waals surface area contributed by atoms with Crippen LogP contribution in [0.1, 0.15) is 35.8 Å². The molecule has 0 spiro atoms. The third-order valence-corrected chi connectivity index (χ3v) is 6.68. The van der Waals surface area contributed by atoms with E-state index >= 15 is 0 Å². The van der Waals surface area contributed by atoms with Gasteiger partial charge >= 0.3 is 5.97 Å². The monoisotopic (exact) mass is 584 g/mol. The average Bonchev–Trinajstić information content (AvgIpc) is 3.42. The Morgan fingerprint density at radius 3 is 2.45 bits per heavy atom. The van der Waals surface area contributed by atoms with E-state index in [9.17, 15) is 19.2 Å². The smallest absolute Gasteiger partial charge is 0.330 e. The van der Waals surface area contributed by atoms with Gasteiger partial charge in [-0.1, -0.05) is 71.7 Å². The molecule has 0 aliphatic carbocycles. The zero-order valence-corrected chi connectivity index (χ0v) is 23.3. The molecule has 2 aromatic carbocycles. The van der Waals surface area contributed by atoms with E-state index in [1.54, 1.807) is 37.3 Å². The van der Waals surface area contributed by atoms with Crippen molar-refractivity contribution in [3.63, 3.8) is 0 Å². The van der Waals surface area contributed by atoms with Gasteiger partial charge in [0.25, 0.3) is 5.91 Å². The number of H-pyrrole nitrogens is 1. The Kier molecular flexibility index (Phi) is 11.4. The van der Waals surface area contributed by atoms with Gasteiger partial charge in [-0.2, -0.15) is 0 Å². The van der Waals surface area contributed by atoms with Crippen molar-refractivity contribution in [2.75, 3.05) is 6.61 Å². The molecule has 0 bridgehead atoms. The molecule has 0 saturated carbocycles. The summed E-state index contributed by atoms with van der Waals surface area (Å²) in [4.78, 5) is 52.8. The van der Waals surface area contributed by atoms with Gasteiger partial charge in [-0.3, -0.25) is 14.4 Å². The fraction of sp³-hybridized carbons (Fsp3) is 0.241. The highest BCUT2D eigenvalue weighted by Gasteiger charge is 2.25. The molecule has 9 nitrogen and oxygen atoms in total. The predicted octanol–water partition coefficient (Wildman–Crippen LogP) is 4.20. The lowest BCUT2D eigenvalue weighted by atomic mass is 10.0. The number of nitrogens with one attached hydrogen (secondary N) is 3. The number of rotatable bonds is 13. The fourth-order valence-corrected chi connectivity index (χ4v) is 4.28. The van der Waals surface area contributed by atoms with Crippen LogP contribution >= 0.6 is 23.2 Å². The first kappa shape index (κ1) is 30.5. The van der Waals surface area contributed by atoms with E-state index in [2.05, 4.69) is 15.6 Å². The van der Waals surface area contributed by atoms with Crippen LogP contribution in [0.3, 0.4) is 0 Å². The first-order valence-electron chi connectivity index (χ1n) is 12.6. The normalized spacial score (nSPS) is 12.5. The van der Waals surface area contributed by atoms with Crippen LogP contribution in [0.2, 0.25) is 10.0 Å². The molecule has 0 aliphatic rings. The molecular formula is C29H30Cl2N4O5. The van der Waals surface area contributed by atoms with E-state index < -0.39 is 35.8 Å². The minimum absolute atomic E-state index is 0.0227. The largest absolute Gasteiger partial charge is 0.463 e. The van der Waals surface area contributed by atoms with Crippen molar-refractivity contribution in [3.05, 3.63) is 94.1 Å². The van der Waals surface area contributed by atoms with Gasteiger partial charge in [0.2, 0.25) is 11.8 Å². The molecule has 3 rings (SSSR count). The quantitative estimate of drug-likeness (QED) is 0.176. The van der Waals surface area contributed by atoms with Crippen LogP contribution in [0.15, 0.2) is 72.8 Å². The van der Waals surface area contributed by atoms with Crippen LogP contribution in [-0.2, 0) is 25.5 Å². The molecule has 11 heteroatoms. The molecule has 2 atom stereocenters. The molecule has 40 heavy (non-hydrogen) atoms. The number of nitrogens with two attached hydrogens (primary N) is 1. The van der Waals surface area contributed by atoms with E-state index in [1.807, 2.05) is 30.3 Å². The van der Waals surface area contributed by atoms with E-state index in [0.29, 0.717) is 21.3 Å². The van der Waals surface area contributed by atoms with E-state index in [0.717, 1.165) is 5.56 Å². The highest BCUT2D eigenvalue weighted by Crippen LogP contribution is 2.32. The number of amides is 3. The third kappa shape index (κ3) is 9.00. The summed E-state index contributed by atoms with van der Waals surface area (Å²) in [5.41, 5.74) is 7.52. The number of ether oxygens (including phenoxy) is 1. The van der Waals surface area contributed by atoms with Gasteiger partial charge < -0.3 is 26.1 Å². The summed E-state index contributed by atoms with van der Waals surface area (Å²) in [7, 11) is 0. The van der Waals surface area contributed by atoms with Crippen molar-refractivity contribution < 1.29 is 23.9 Å². The maximum atomic E-state index is 13.4. The van der Waals surface area contributed by atoms with Crippen LogP contribution in [0.4, 0.5) is 0 Å². The molecule has 3 aromatic rings. The summed E-state index contributed by atoms with van der Waals surface area (Å²) in [5, 5.41) is 6.29. The Hall–Kier alpha value is -4.08. The van der Waals surface area contributed by atoms with E-state index in [1.165, 1.54) is 12.2 Å². The zero-order chi connectivity index (χ0) is 29.1. The van der Waals surface area contributed by atoms with E-state index in [4.69, 9.17) is 33.7 Å². The van der Waals surface area contributed by atoms with Gasteiger partial charge in [-0.15, -0.1) is 0 Å². The number of carbonyl (C=O) groups is 4. The summed E-state index contributed by atoms with van der Waals surface area (Å²) >= 11 is 12.4. The summed E-state index contributed by atoms with van der Waals surface area (Å²) < 4.78 is 4.89. The van der Waals surface area contributed by atoms with Crippen molar-refractivity contribution in [2.24, 2.45) is 5.73 Å². The molecule has 0 radical (unpaired) electrons. The highest BCUT2D eigenvalue weighted by atomic mass is 35.5. The lowest BCUT2D eigenvalue weighted by Crippen LogP contribution is -2.50. The fourth-order valence-electron chi connectivity index (χ4n) is 3.87. The first-order chi connectivity index (χ1) is 19.2. The second-order valence-corrected chi connectivity index (χ2v) is 9.62. The van der Waals surface area contributed by atoms with Crippen molar-refractivity contribution in [2.45, 2.75) is 38.3 Å². The van der Waals surface area contributed by atoms with E-state index in [-0.39, 0.29) is 31.6 Å². The molecule has 5 N–H and O–H groups in total. The molecule has 210 valence electrons. The number of carbonyl (C=O) groups excluding carboxylic acids is 4. The predicted molar refractivity (Wildman–Crippen MR) is 154 cm³/mol. The average molecular weight is 585 g/mol. The van der Waals surface area contributed by atoms with Crippen LogP contribution in [-0.4, -0.2) is 47.4 Å². The minimum Gasteiger partial charge on any atom is -0.463 e. The summed E-state index contributed by atoms with van der Waals surface area (Å²) in [6.07, 6.45) is 2.94. The van der Waals surface area contributed by atoms with Crippen molar-refractivity contribution >= 4 is 46.9 Å². The third-order valence-electron chi connectivity index (χ3n) is 5.86. The number of aromatic amines is 1. The Morgan fingerprint density at radius 1 is 1.00 bits per heavy atom. The second-order valence-electron chi connectivity index (χ2n) is 8.83. The number of hydrogen-bond acceptors (Lipinski definition) is 5. The number of halogens is 2. The van der Waals surface area contributed by atoms with Crippen LogP contribution in [0.5, 0.6) is 0 Å². The standard InChI is InChI=1S/C29H30Cl2N4O5/c1-2-40-26(37)16-12-19(11-15-25(32)36)33-29(39)24(17-18-7-4-3-5-8-18)35-28(38)23-14-13-22(34-23)20-9-6-10-21(30)27(20)31/h3-10,12-14,16,19,24,34H,2,11,15,17H2,1H3,(H2,32,36)(H,33,39)(H,35,38)/b16-12+/t19-,24-/m1/s1. The zero-order valence-electron chi connectivity index (χ0n) is 21.8. The number of aromatic nitrogens is 1. The SMILES string of the molecule is CCOC(=O)/C=C/[C@@H](CCC(N)=O)NC(=O)[C@@H](Cc1ccccc1)NC(=O)c1ccc(-c2cccc(Cl)c2Cl)[nH]1. The van der Waals surface area contributed by atoms with Gasteiger partial charge in [0, 0.05) is 36.2 Å². The van der Waals surface area contributed by atoms with Gasteiger partial charge in [-0.25, -0.2) is 4.79 Å². The second kappa shape index (κ2) is 14.9. The Bertz CT molecular complexity index is 1370. The van der Waals surface area contributed by atoms with Crippen LogP contribution < -0.4 is 16.4 Å². The lowest BCUT2D eigenvalue weighted by molar-refractivity contribution is -0.137.